The average Bonchev–Trinajstić information content (AvgIpc) is 2.62. The molecule has 0 saturated heterocycles. The summed E-state index contributed by atoms with van der Waals surface area (Å²) < 4.78 is 0. The molecule has 0 radical (unpaired) electrons. The molecule has 0 aliphatic heterocycles. The summed E-state index contributed by atoms with van der Waals surface area (Å²) in [6.45, 7) is 5.87. The number of amides is 3. The molecule has 0 unspecified atom stereocenters. The van der Waals surface area contributed by atoms with Gasteiger partial charge in [0.2, 0.25) is 17.7 Å². The number of rotatable bonds is 9. The monoisotopic (exact) mass is 382 g/mol. The van der Waals surface area contributed by atoms with Crippen molar-refractivity contribution in [1.29, 1.82) is 0 Å². The van der Waals surface area contributed by atoms with Gasteiger partial charge < -0.3 is 21.3 Å². The van der Waals surface area contributed by atoms with E-state index >= 15 is 0 Å². The molecule has 1 fully saturated rings. The maximum atomic E-state index is 12.2. The molecule has 8 heteroatoms. The zero-order valence-electron chi connectivity index (χ0n) is 16.9. The predicted octanol–water partition coefficient (Wildman–Crippen LogP) is -0.0240. The first-order chi connectivity index (χ1) is 12.6. The van der Waals surface area contributed by atoms with Crippen LogP contribution in [0.4, 0.5) is 0 Å². The van der Waals surface area contributed by atoms with Crippen molar-refractivity contribution in [2.45, 2.75) is 46.5 Å². The topological polar surface area (TPSA) is 116 Å². The molecule has 3 amide bonds. The zero-order valence-corrected chi connectivity index (χ0v) is 16.9. The Morgan fingerprint density at radius 1 is 0.815 bits per heavy atom. The first-order valence-corrected chi connectivity index (χ1v) is 9.62. The molecule has 0 bridgehead atoms. The molecule has 27 heavy (non-hydrogen) atoms. The van der Waals surface area contributed by atoms with Crippen LogP contribution in [0.2, 0.25) is 0 Å². The molecule has 0 aromatic carbocycles. The van der Waals surface area contributed by atoms with Gasteiger partial charge in [-0.05, 0) is 45.2 Å². The molecule has 0 spiro atoms. The van der Waals surface area contributed by atoms with Crippen LogP contribution in [-0.2, 0) is 19.2 Å². The summed E-state index contributed by atoms with van der Waals surface area (Å²) in [6, 6.07) is 0. The maximum Gasteiger partial charge on any atom is 0.239 e. The van der Waals surface area contributed by atoms with E-state index in [0.29, 0.717) is 5.92 Å². The average molecular weight is 383 g/mol. The van der Waals surface area contributed by atoms with Crippen LogP contribution in [-0.4, -0.2) is 56.7 Å². The largest absolute Gasteiger partial charge is 0.347 e. The van der Waals surface area contributed by atoms with Crippen molar-refractivity contribution in [3.05, 3.63) is 0 Å². The van der Waals surface area contributed by atoms with Crippen LogP contribution < -0.4 is 21.3 Å². The van der Waals surface area contributed by atoms with Crippen LogP contribution in [0.1, 0.15) is 46.5 Å². The number of carbonyl (C=O) groups excluding carboxylic acids is 4. The summed E-state index contributed by atoms with van der Waals surface area (Å²) in [6.07, 6.45) is 3.70. The van der Waals surface area contributed by atoms with Crippen molar-refractivity contribution < 1.29 is 19.2 Å². The molecule has 1 aliphatic carbocycles. The quantitative estimate of drug-likeness (QED) is 0.447. The van der Waals surface area contributed by atoms with Gasteiger partial charge in [-0.1, -0.05) is 20.8 Å². The van der Waals surface area contributed by atoms with E-state index in [0.717, 1.165) is 32.2 Å². The summed E-state index contributed by atoms with van der Waals surface area (Å²) in [4.78, 5) is 47.4. The van der Waals surface area contributed by atoms with Crippen molar-refractivity contribution >= 4 is 23.5 Å². The van der Waals surface area contributed by atoms with Gasteiger partial charge in [-0.25, -0.2) is 0 Å². The minimum atomic E-state index is -0.521. The minimum Gasteiger partial charge on any atom is -0.347 e. The Labute approximate surface area is 161 Å². The van der Waals surface area contributed by atoms with Crippen LogP contribution in [0.15, 0.2) is 0 Å². The highest BCUT2D eigenvalue weighted by Gasteiger charge is 2.26. The summed E-state index contributed by atoms with van der Waals surface area (Å²) in [5, 5.41) is 10.7. The third-order valence-electron chi connectivity index (χ3n) is 4.86. The molecule has 1 aliphatic rings. The molecule has 0 heterocycles. The number of carbonyl (C=O) groups is 4. The van der Waals surface area contributed by atoms with Gasteiger partial charge in [0, 0.05) is 11.3 Å². The highest BCUT2D eigenvalue weighted by molar-refractivity contribution is 5.92. The summed E-state index contributed by atoms with van der Waals surface area (Å²) >= 11 is 0. The molecular weight excluding hydrogens is 348 g/mol. The lowest BCUT2D eigenvalue weighted by Gasteiger charge is -2.27. The number of ketones is 1. The second-order valence-electron chi connectivity index (χ2n) is 8.22. The van der Waals surface area contributed by atoms with E-state index in [4.69, 9.17) is 0 Å². The van der Waals surface area contributed by atoms with E-state index in [1.54, 1.807) is 20.8 Å². The molecule has 4 N–H and O–H groups in total. The molecule has 154 valence electrons. The number of hydrogen-bond acceptors (Lipinski definition) is 5. The van der Waals surface area contributed by atoms with Crippen molar-refractivity contribution in [2.24, 2.45) is 17.3 Å². The van der Waals surface area contributed by atoms with Crippen molar-refractivity contribution in [3.8, 4) is 0 Å². The molecular formula is C19H34N4O4. The van der Waals surface area contributed by atoms with Crippen molar-refractivity contribution in [2.75, 3.05) is 33.2 Å². The second-order valence-corrected chi connectivity index (χ2v) is 8.22. The smallest absolute Gasteiger partial charge is 0.239 e. The van der Waals surface area contributed by atoms with Gasteiger partial charge in [-0.15, -0.1) is 0 Å². The van der Waals surface area contributed by atoms with Crippen LogP contribution >= 0.6 is 0 Å². The van der Waals surface area contributed by atoms with Gasteiger partial charge >= 0.3 is 0 Å². The Hall–Kier alpha value is -1.96. The van der Waals surface area contributed by atoms with E-state index in [1.807, 2.05) is 7.05 Å². The fraction of sp³-hybridized carbons (Fsp3) is 0.789. The van der Waals surface area contributed by atoms with E-state index in [1.165, 1.54) is 0 Å². The standard InChI is InChI=1S/C19H34N4O4/c1-19(2,3)15(24)10-21-16(25)11-22-17(26)12-23-18(27)14-7-5-13(6-8-14)9-20-4/h13-14,20H,5-12H2,1-4H3,(H,21,25)(H,22,26)(H,23,27). The van der Waals surface area contributed by atoms with Crippen LogP contribution in [0, 0.1) is 17.3 Å². The molecule has 0 aromatic rings. The summed E-state index contributed by atoms with van der Waals surface area (Å²) in [5.74, 6) is -0.476. The highest BCUT2D eigenvalue weighted by Crippen LogP contribution is 2.28. The number of nitrogens with one attached hydrogen (secondary N) is 4. The van der Waals surface area contributed by atoms with E-state index in [-0.39, 0.29) is 37.2 Å². The minimum absolute atomic E-state index is 0.0439. The van der Waals surface area contributed by atoms with E-state index < -0.39 is 17.2 Å². The Balaban J connectivity index is 2.19. The van der Waals surface area contributed by atoms with Gasteiger partial charge in [0.05, 0.1) is 19.6 Å². The van der Waals surface area contributed by atoms with E-state index in [2.05, 4.69) is 21.3 Å². The van der Waals surface area contributed by atoms with Gasteiger partial charge in [0.1, 0.15) is 0 Å². The maximum absolute atomic E-state index is 12.2. The van der Waals surface area contributed by atoms with Crippen molar-refractivity contribution in [1.82, 2.24) is 21.3 Å². The lowest BCUT2D eigenvalue weighted by Crippen LogP contribution is -2.45. The van der Waals surface area contributed by atoms with Crippen LogP contribution in [0.25, 0.3) is 0 Å². The summed E-state index contributed by atoms with van der Waals surface area (Å²) in [7, 11) is 1.93. The van der Waals surface area contributed by atoms with Gasteiger partial charge in [-0.2, -0.15) is 0 Å². The SMILES string of the molecule is CNCC1CCC(C(=O)NCC(=O)NCC(=O)NCC(=O)C(C)(C)C)CC1. The second kappa shape index (κ2) is 11.0. The lowest BCUT2D eigenvalue weighted by molar-refractivity contribution is -0.131. The van der Waals surface area contributed by atoms with Gasteiger partial charge in [0.15, 0.2) is 5.78 Å². The third-order valence-corrected chi connectivity index (χ3v) is 4.86. The normalized spacial score (nSPS) is 19.9. The molecule has 1 saturated carbocycles. The Bertz CT molecular complexity index is 534. The van der Waals surface area contributed by atoms with Gasteiger partial charge in [-0.3, -0.25) is 19.2 Å². The first kappa shape index (κ1) is 23.1. The first-order valence-electron chi connectivity index (χ1n) is 9.62. The summed E-state index contributed by atoms with van der Waals surface area (Å²) in [5.41, 5.74) is -0.521. The lowest BCUT2D eigenvalue weighted by atomic mass is 9.81. The Morgan fingerprint density at radius 2 is 1.33 bits per heavy atom. The fourth-order valence-electron chi connectivity index (χ4n) is 2.98. The Kier molecular flexibility index (Phi) is 9.41. The Morgan fingerprint density at radius 3 is 1.85 bits per heavy atom. The number of Topliss-reactive ketones (excluding diaryl/α,β-unsaturated/α-hetero) is 1. The zero-order chi connectivity index (χ0) is 20.4. The van der Waals surface area contributed by atoms with Crippen molar-refractivity contribution in [3.63, 3.8) is 0 Å². The number of hydrogen-bond donors (Lipinski definition) is 4. The van der Waals surface area contributed by atoms with Gasteiger partial charge in [0.25, 0.3) is 0 Å². The fourth-order valence-corrected chi connectivity index (χ4v) is 2.98. The van der Waals surface area contributed by atoms with Crippen LogP contribution in [0.3, 0.4) is 0 Å². The highest BCUT2D eigenvalue weighted by atomic mass is 16.2. The molecule has 0 atom stereocenters. The molecule has 8 nitrogen and oxygen atoms in total. The third kappa shape index (κ3) is 8.99. The molecule has 1 rings (SSSR count). The van der Waals surface area contributed by atoms with Crippen LogP contribution in [0.5, 0.6) is 0 Å². The molecule has 0 aromatic heterocycles. The van der Waals surface area contributed by atoms with E-state index in [9.17, 15) is 19.2 Å². The predicted molar refractivity (Wildman–Crippen MR) is 103 cm³/mol.